The van der Waals surface area contributed by atoms with Gasteiger partial charge in [0.2, 0.25) is 0 Å². The Kier molecular flexibility index (Phi) is 4.82. The van der Waals surface area contributed by atoms with Crippen molar-refractivity contribution in [2.45, 2.75) is 39.8 Å². The highest BCUT2D eigenvalue weighted by Crippen LogP contribution is 1.96. The molecule has 5 heteroatoms. The molecule has 5 nitrogen and oxygen atoms in total. The van der Waals surface area contributed by atoms with Gasteiger partial charge < -0.3 is 15.2 Å². The van der Waals surface area contributed by atoms with Crippen LogP contribution in [0.25, 0.3) is 0 Å². The van der Waals surface area contributed by atoms with Crippen molar-refractivity contribution in [3.63, 3.8) is 0 Å². The summed E-state index contributed by atoms with van der Waals surface area (Å²) in [5.41, 5.74) is 0. The second kappa shape index (κ2) is 6.15. The Morgan fingerprint density at radius 1 is 1.56 bits per heavy atom. The van der Waals surface area contributed by atoms with Crippen molar-refractivity contribution in [1.29, 1.82) is 0 Å². The maximum absolute atomic E-state index is 11.2. The van der Waals surface area contributed by atoms with Crippen LogP contribution in [0, 0.1) is 6.92 Å². The van der Waals surface area contributed by atoms with Crippen LogP contribution in [0.2, 0.25) is 0 Å². The van der Waals surface area contributed by atoms with Gasteiger partial charge in [0.1, 0.15) is 5.82 Å². The molecule has 1 aromatic rings. The summed E-state index contributed by atoms with van der Waals surface area (Å²) in [4.78, 5) is 15.4. The van der Waals surface area contributed by atoms with Crippen LogP contribution in [0.1, 0.15) is 26.1 Å². The van der Waals surface area contributed by atoms with Crippen molar-refractivity contribution in [2.24, 2.45) is 0 Å². The summed E-state index contributed by atoms with van der Waals surface area (Å²) in [5, 5.41) is 5.59. The Hall–Kier alpha value is -1.52. The second-order valence-corrected chi connectivity index (χ2v) is 4.08. The Balaban J connectivity index is 2.13. The summed E-state index contributed by atoms with van der Waals surface area (Å²) in [5.74, 6) is 1.01. The molecule has 2 amide bonds. The second-order valence-electron chi connectivity index (χ2n) is 4.08. The van der Waals surface area contributed by atoms with E-state index in [9.17, 15) is 4.79 Å². The van der Waals surface area contributed by atoms with Crippen LogP contribution < -0.4 is 10.6 Å². The highest BCUT2D eigenvalue weighted by molar-refractivity contribution is 5.73. The number of rotatable bonds is 5. The average molecular weight is 224 g/mol. The fraction of sp³-hybridized carbons (Fsp3) is 0.636. The maximum atomic E-state index is 11.2. The zero-order chi connectivity index (χ0) is 12.0. The van der Waals surface area contributed by atoms with Gasteiger partial charge in [-0.05, 0) is 27.2 Å². The third-order valence-corrected chi connectivity index (χ3v) is 2.20. The van der Waals surface area contributed by atoms with Gasteiger partial charge in [-0.15, -0.1) is 0 Å². The molecular formula is C11H20N4O. The first kappa shape index (κ1) is 12.5. The molecule has 1 heterocycles. The maximum Gasteiger partial charge on any atom is 0.314 e. The molecule has 1 rings (SSSR count). The molecule has 0 saturated heterocycles. The smallest absolute Gasteiger partial charge is 0.314 e. The summed E-state index contributed by atoms with van der Waals surface area (Å²) in [6.07, 6.45) is 4.64. The van der Waals surface area contributed by atoms with Crippen molar-refractivity contribution in [1.82, 2.24) is 20.2 Å². The largest absolute Gasteiger partial charge is 0.338 e. The molecule has 0 aromatic carbocycles. The minimum Gasteiger partial charge on any atom is -0.338 e. The highest BCUT2D eigenvalue weighted by Gasteiger charge is 2.01. The van der Waals surface area contributed by atoms with E-state index < -0.39 is 0 Å². The molecule has 0 unspecified atom stereocenters. The summed E-state index contributed by atoms with van der Waals surface area (Å²) < 4.78 is 2.07. The van der Waals surface area contributed by atoms with Gasteiger partial charge in [-0.1, -0.05) is 0 Å². The topological polar surface area (TPSA) is 59.0 Å². The molecule has 0 spiro atoms. The minimum absolute atomic E-state index is 0.0997. The molecule has 0 radical (unpaired) electrons. The molecule has 0 aliphatic heterocycles. The van der Waals surface area contributed by atoms with E-state index >= 15 is 0 Å². The van der Waals surface area contributed by atoms with Crippen LogP contribution in [0.4, 0.5) is 4.79 Å². The number of aromatic nitrogens is 2. The fourth-order valence-corrected chi connectivity index (χ4v) is 1.40. The molecule has 0 aliphatic rings. The summed E-state index contributed by atoms with van der Waals surface area (Å²) >= 11 is 0. The van der Waals surface area contributed by atoms with Crippen LogP contribution in [-0.4, -0.2) is 28.2 Å². The molecule has 1 aromatic heterocycles. The van der Waals surface area contributed by atoms with Gasteiger partial charge in [0.05, 0.1) is 0 Å². The molecule has 0 saturated carbocycles. The molecular weight excluding hydrogens is 204 g/mol. The van der Waals surface area contributed by atoms with Crippen LogP contribution in [0.3, 0.4) is 0 Å². The van der Waals surface area contributed by atoms with Crippen molar-refractivity contribution in [3.8, 4) is 0 Å². The number of aryl methyl sites for hydroxylation is 2. The van der Waals surface area contributed by atoms with Crippen LogP contribution in [-0.2, 0) is 6.54 Å². The van der Waals surface area contributed by atoms with Crippen LogP contribution in [0.15, 0.2) is 12.4 Å². The molecule has 16 heavy (non-hydrogen) atoms. The van der Waals surface area contributed by atoms with Gasteiger partial charge in [-0.2, -0.15) is 0 Å². The monoisotopic (exact) mass is 224 g/mol. The third kappa shape index (κ3) is 4.33. The predicted octanol–water partition coefficient (Wildman–Crippen LogP) is 1.29. The molecule has 0 bridgehead atoms. The number of imidazole rings is 1. The van der Waals surface area contributed by atoms with Crippen molar-refractivity contribution >= 4 is 6.03 Å². The first-order chi connectivity index (χ1) is 7.59. The fourth-order valence-electron chi connectivity index (χ4n) is 1.40. The van der Waals surface area contributed by atoms with E-state index in [0.717, 1.165) is 18.8 Å². The van der Waals surface area contributed by atoms with Gasteiger partial charge in [0.15, 0.2) is 0 Å². The number of carbonyl (C=O) groups excluding carboxylic acids is 1. The number of amides is 2. The molecule has 0 atom stereocenters. The summed E-state index contributed by atoms with van der Waals surface area (Å²) in [6, 6.07) is 0.0771. The first-order valence-corrected chi connectivity index (χ1v) is 5.61. The molecule has 0 fully saturated rings. The number of carbonyl (C=O) groups is 1. The molecule has 0 aliphatic carbocycles. The number of hydrogen-bond donors (Lipinski definition) is 2. The lowest BCUT2D eigenvalue weighted by Gasteiger charge is -2.10. The zero-order valence-electron chi connectivity index (χ0n) is 10.2. The Labute approximate surface area is 96.3 Å². The Morgan fingerprint density at radius 3 is 2.88 bits per heavy atom. The van der Waals surface area contributed by atoms with E-state index in [-0.39, 0.29) is 12.1 Å². The molecule has 2 N–H and O–H groups in total. The van der Waals surface area contributed by atoms with Crippen LogP contribution in [0.5, 0.6) is 0 Å². The average Bonchev–Trinajstić information content (AvgIpc) is 2.58. The van der Waals surface area contributed by atoms with E-state index in [0.29, 0.717) is 6.54 Å². The van der Waals surface area contributed by atoms with Crippen molar-refractivity contribution < 1.29 is 4.79 Å². The van der Waals surface area contributed by atoms with Crippen molar-refractivity contribution in [2.75, 3.05) is 6.54 Å². The SMILES string of the molecule is Cc1nccn1CCCNC(=O)NC(C)C. The third-order valence-electron chi connectivity index (χ3n) is 2.20. The number of hydrogen-bond acceptors (Lipinski definition) is 2. The van der Waals surface area contributed by atoms with Gasteiger partial charge in [-0.3, -0.25) is 0 Å². The summed E-state index contributed by atoms with van der Waals surface area (Å²) in [6.45, 7) is 7.41. The van der Waals surface area contributed by atoms with Crippen molar-refractivity contribution in [3.05, 3.63) is 18.2 Å². The quantitative estimate of drug-likeness (QED) is 0.740. The predicted molar refractivity (Wildman–Crippen MR) is 63.3 cm³/mol. The van der Waals surface area contributed by atoms with Gasteiger partial charge in [-0.25, -0.2) is 9.78 Å². The standard InChI is InChI=1S/C11H20N4O/c1-9(2)14-11(16)13-5-4-7-15-8-6-12-10(15)3/h6,8-9H,4-5,7H2,1-3H3,(H2,13,14,16). The molecule has 90 valence electrons. The van der Waals surface area contributed by atoms with Gasteiger partial charge in [0, 0.05) is 31.5 Å². The van der Waals surface area contributed by atoms with Gasteiger partial charge >= 0.3 is 6.03 Å². The van der Waals surface area contributed by atoms with Gasteiger partial charge in [0.25, 0.3) is 0 Å². The number of urea groups is 1. The van der Waals surface area contributed by atoms with E-state index in [1.54, 1.807) is 6.20 Å². The van der Waals surface area contributed by atoms with Crippen LogP contribution >= 0.6 is 0 Å². The van der Waals surface area contributed by atoms with E-state index in [2.05, 4.69) is 20.2 Å². The lowest BCUT2D eigenvalue weighted by Crippen LogP contribution is -2.40. The summed E-state index contributed by atoms with van der Waals surface area (Å²) in [7, 11) is 0. The Bertz CT molecular complexity index is 332. The van der Waals surface area contributed by atoms with E-state index in [1.165, 1.54) is 0 Å². The first-order valence-electron chi connectivity index (χ1n) is 5.61. The normalized spacial score (nSPS) is 10.5. The van der Waals surface area contributed by atoms with E-state index in [1.807, 2.05) is 27.0 Å². The van der Waals surface area contributed by atoms with E-state index in [4.69, 9.17) is 0 Å². The lowest BCUT2D eigenvalue weighted by molar-refractivity contribution is 0.238. The Morgan fingerprint density at radius 2 is 2.31 bits per heavy atom. The lowest BCUT2D eigenvalue weighted by atomic mass is 10.4. The zero-order valence-corrected chi connectivity index (χ0v) is 10.2. The minimum atomic E-state index is -0.0997. The number of nitrogens with zero attached hydrogens (tertiary/aromatic N) is 2. The number of nitrogens with one attached hydrogen (secondary N) is 2. The highest BCUT2D eigenvalue weighted by atomic mass is 16.2.